The lowest BCUT2D eigenvalue weighted by molar-refractivity contribution is -0.124. The average molecular weight is 236 g/mol. The molecule has 1 rings (SSSR count). The number of nitrogens with one attached hydrogen (secondary N) is 1. The third kappa shape index (κ3) is 5.77. The Balaban J connectivity index is 2.09. The van der Waals surface area contributed by atoms with E-state index >= 15 is 0 Å². The van der Waals surface area contributed by atoms with Crippen LogP contribution in [0.1, 0.15) is 5.76 Å². The molecular weight excluding hydrogens is 221 g/mol. The smallest absolute Gasteiger partial charge is 0.401 e. The Bertz CT molecular complexity index is 285. The molecule has 0 spiro atoms. The van der Waals surface area contributed by atoms with E-state index in [4.69, 9.17) is 4.42 Å². The summed E-state index contributed by atoms with van der Waals surface area (Å²) in [7, 11) is 1.83. The topological polar surface area (TPSA) is 28.4 Å². The number of hydrogen-bond acceptors (Lipinski definition) is 3. The van der Waals surface area contributed by atoms with Gasteiger partial charge in [-0.05, 0) is 19.2 Å². The first-order valence-electron chi connectivity index (χ1n) is 4.96. The Kier molecular flexibility index (Phi) is 4.82. The summed E-state index contributed by atoms with van der Waals surface area (Å²) in [6, 6.07) is 3.62. The molecule has 0 saturated carbocycles. The summed E-state index contributed by atoms with van der Waals surface area (Å²) < 4.78 is 40.5. The highest BCUT2D eigenvalue weighted by molar-refractivity contribution is 4.97. The van der Waals surface area contributed by atoms with Gasteiger partial charge in [0.25, 0.3) is 0 Å². The number of halogens is 3. The lowest BCUT2D eigenvalue weighted by Crippen LogP contribution is -2.34. The van der Waals surface area contributed by atoms with E-state index in [0.29, 0.717) is 19.6 Å². The van der Waals surface area contributed by atoms with Crippen molar-refractivity contribution in [3.63, 3.8) is 0 Å². The standard InChI is InChI=1S/C10H15F3N2O/c1-15(7-9-3-2-6-16-9)5-4-14-8-10(11,12)13/h2-3,6,14H,4-5,7-8H2,1H3. The van der Waals surface area contributed by atoms with Gasteiger partial charge >= 0.3 is 6.18 Å². The molecule has 0 atom stereocenters. The Morgan fingerprint density at radius 2 is 2.19 bits per heavy atom. The minimum absolute atomic E-state index is 0.302. The van der Waals surface area contributed by atoms with Crippen molar-refractivity contribution in [2.75, 3.05) is 26.7 Å². The molecule has 0 bridgehead atoms. The van der Waals surface area contributed by atoms with E-state index in [-0.39, 0.29) is 0 Å². The van der Waals surface area contributed by atoms with Gasteiger partial charge in [0, 0.05) is 13.1 Å². The van der Waals surface area contributed by atoms with E-state index < -0.39 is 12.7 Å². The molecule has 16 heavy (non-hydrogen) atoms. The van der Waals surface area contributed by atoms with Gasteiger partial charge in [0.15, 0.2) is 0 Å². The molecule has 0 radical (unpaired) electrons. The van der Waals surface area contributed by atoms with Gasteiger partial charge < -0.3 is 9.73 Å². The maximum absolute atomic E-state index is 11.8. The molecule has 0 aliphatic rings. The summed E-state index contributed by atoms with van der Waals surface area (Å²) in [6.07, 6.45) is -2.56. The summed E-state index contributed by atoms with van der Waals surface area (Å²) in [6.45, 7) is 0.496. The van der Waals surface area contributed by atoms with Crippen LogP contribution in [0, 0.1) is 0 Å². The molecule has 0 fully saturated rings. The van der Waals surface area contributed by atoms with Gasteiger partial charge in [-0.25, -0.2) is 0 Å². The van der Waals surface area contributed by atoms with Crippen molar-refractivity contribution in [1.29, 1.82) is 0 Å². The zero-order valence-corrected chi connectivity index (χ0v) is 9.05. The molecule has 0 amide bonds. The van der Waals surface area contributed by atoms with Gasteiger partial charge in [0.2, 0.25) is 0 Å². The molecular formula is C10H15F3N2O. The highest BCUT2D eigenvalue weighted by Gasteiger charge is 2.25. The first-order valence-corrected chi connectivity index (χ1v) is 4.96. The average Bonchev–Trinajstić information content (AvgIpc) is 2.63. The molecule has 0 saturated heterocycles. The van der Waals surface area contributed by atoms with Crippen molar-refractivity contribution >= 4 is 0 Å². The van der Waals surface area contributed by atoms with Gasteiger partial charge in [-0.3, -0.25) is 4.90 Å². The van der Waals surface area contributed by atoms with Crippen LogP contribution in [0.5, 0.6) is 0 Å². The summed E-state index contributed by atoms with van der Waals surface area (Å²) in [5, 5.41) is 2.34. The van der Waals surface area contributed by atoms with Crippen molar-refractivity contribution in [3.05, 3.63) is 24.2 Å². The first-order chi connectivity index (χ1) is 7.47. The molecule has 0 aliphatic heterocycles. The Morgan fingerprint density at radius 1 is 1.44 bits per heavy atom. The predicted octanol–water partition coefficient (Wildman–Crippen LogP) is 1.86. The summed E-state index contributed by atoms with van der Waals surface area (Å²) in [5.74, 6) is 0.804. The SMILES string of the molecule is CN(CCNCC(F)(F)F)Cc1ccco1. The van der Waals surface area contributed by atoms with Crippen LogP contribution < -0.4 is 5.32 Å². The molecule has 3 nitrogen and oxygen atoms in total. The van der Waals surface area contributed by atoms with Crippen LogP contribution in [-0.2, 0) is 6.54 Å². The van der Waals surface area contributed by atoms with E-state index in [9.17, 15) is 13.2 Å². The molecule has 1 N–H and O–H groups in total. The minimum Gasteiger partial charge on any atom is -0.468 e. The van der Waals surface area contributed by atoms with Crippen LogP contribution in [0.2, 0.25) is 0 Å². The van der Waals surface area contributed by atoms with E-state index in [1.54, 1.807) is 12.3 Å². The Labute approximate surface area is 92.2 Å². The summed E-state index contributed by atoms with van der Waals surface area (Å²) in [5.41, 5.74) is 0. The van der Waals surface area contributed by atoms with Crippen LogP contribution in [-0.4, -0.2) is 37.8 Å². The Morgan fingerprint density at radius 3 is 2.75 bits per heavy atom. The third-order valence-electron chi connectivity index (χ3n) is 2.00. The molecule has 0 unspecified atom stereocenters. The molecule has 1 aromatic heterocycles. The van der Waals surface area contributed by atoms with Crippen LogP contribution >= 0.6 is 0 Å². The number of hydrogen-bond donors (Lipinski definition) is 1. The number of alkyl halides is 3. The van der Waals surface area contributed by atoms with E-state index in [0.717, 1.165) is 5.76 Å². The third-order valence-corrected chi connectivity index (χ3v) is 2.00. The maximum Gasteiger partial charge on any atom is 0.401 e. The van der Waals surface area contributed by atoms with Crippen molar-refractivity contribution in [1.82, 2.24) is 10.2 Å². The fraction of sp³-hybridized carbons (Fsp3) is 0.600. The minimum atomic E-state index is -4.14. The normalized spacial score (nSPS) is 12.3. The fourth-order valence-corrected chi connectivity index (χ4v) is 1.25. The fourth-order valence-electron chi connectivity index (χ4n) is 1.25. The van der Waals surface area contributed by atoms with Crippen molar-refractivity contribution in [2.24, 2.45) is 0 Å². The Hall–Kier alpha value is -1.01. The van der Waals surface area contributed by atoms with Crippen LogP contribution in [0.4, 0.5) is 13.2 Å². The molecule has 1 heterocycles. The first kappa shape index (κ1) is 13.1. The number of nitrogens with zero attached hydrogens (tertiary/aromatic N) is 1. The van der Waals surface area contributed by atoms with Gasteiger partial charge in [-0.15, -0.1) is 0 Å². The molecule has 1 aromatic rings. The number of furan rings is 1. The molecule has 6 heteroatoms. The monoisotopic (exact) mass is 236 g/mol. The second-order valence-corrected chi connectivity index (χ2v) is 3.61. The highest BCUT2D eigenvalue weighted by Crippen LogP contribution is 2.11. The second-order valence-electron chi connectivity index (χ2n) is 3.61. The van der Waals surface area contributed by atoms with Crippen molar-refractivity contribution in [2.45, 2.75) is 12.7 Å². The largest absolute Gasteiger partial charge is 0.468 e. The summed E-state index contributed by atoms with van der Waals surface area (Å²) in [4.78, 5) is 1.89. The summed E-state index contributed by atoms with van der Waals surface area (Å²) >= 11 is 0. The van der Waals surface area contributed by atoms with Gasteiger partial charge in [0.05, 0.1) is 19.4 Å². The van der Waals surface area contributed by atoms with Gasteiger partial charge in [-0.1, -0.05) is 0 Å². The van der Waals surface area contributed by atoms with E-state index in [1.807, 2.05) is 18.0 Å². The number of likely N-dealkylation sites (N-methyl/N-ethyl adjacent to an activating group) is 1. The zero-order valence-electron chi connectivity index (χ0n) is 9.05. The van der Waals surface area contributed by atoms with Crippen LogP contribution in [0.3, 0.4) is 0 Å². The van der Waals surface area contributed by atoms with E-state index in [2.05, 4.69) is 5.32 Å². The maximum atomic E-state index is 11.8. The predicted molar refractivity (Wildman–Crippen MR) is 54.0 cm³/mol. The second kappa shape index (κ2) is 5.91. The number of rotatable bonds is 6. The zero-order chi connectivity index (χ0) is 12.0. The van der Waals surface area contributed by atoms with Crippen LogP contribution in [0.25, 0.3) is 0 Å². The molecule has 92 valence electrons. The van der Waals surface area contributed by atoms with Crippen molar-refractivity contribution in [3.8, 4) is 0 Å². The quantitative estimate of drug-likeness (QED) is 0.764. The molecule has 0 aliphatic carbocycles. The molecule has 0 aromatic carbocycles. The van der Waals surface area contributed by atoms with Gasteiger partial charge in [0.1, 0.15) is 5.76 Å². The highest BCUT2D eigenvalue weighted by atomic mass is 19.4. The van der Waals surface area contributed by atoms with E-state index in [1.165, 1.54) is 0 Å². The van der Waals surface area contributed by atoms with Crippen LogP contribution in [0.15, 0.2) is 22.8 Å². The van der Waals surface area contributed by atoms with Gasteiger partial charge in [-0.2, -0.15) is 13.2 Å². The van der Waals surface area contributed by atoms with Crippen molar-refractivity contribution < 1.29 is 17.6 Å². The lowest BCUT2D eigenvalue weighted by Gasteiger charge is -2.15. The lowest BCUT2D eigenvalue weighted by atomic mass is 10.4.